The van der Waals surface area contributed by atoms with Crippen molar-refractivity contribution in [2.45, 2.75) is 11.5 Å². The third-order valence-electron chi connectivity index (χ3n) is 8.47. The first kappa shape index (κ1) is 25.4. The van der Waals surface area contributed by atoms with E-state index >= 15 is 0 Å². The van der Waals surface area contributed by atoms with Gasteiger partial charge in [-0.3, -0.25) is 10.2 Å². The molecule has 5 aromatic rings. The summed E-state index contributed by atoms with van der Waals surface area (Å²) in [7, 11) is 1.94. The summed E-state index contributed by atoms with van der Waals surface area (Å²) in [5, 5.41) is 24.6. The van der Waals surface area contributed by atoms with E-state index in [0.29, 0.717) is 34.9 Å². The molecule has 0 saturated carbocycles. The van der Waals surface area contributed by atoms with Crippen molar-refractivity contribution in [3.63, 3.8) is 0 Å². The lowest BCUT2D eigenvalue weighted by atomic mass is 9.62. The van der Waals surface area contributed by atoms with Crippen LogP contribution in [-0.2, 0) is 5.54 Å². The molecular weight excluding hydrogens is 524 g/mol. The second kappa shape index (κ2) is 9.52. The summed E-state index contributed by atoms with van der Waals surface area (Å²) in [5.41, 5.74) is 3.24. The molecule has 1 amide bonds. The van der Waals surface area contributed by atoms with Crippen molar-refractivity contribution < 1.29 is 9.53 Å². The highest BCUT2D eigenvalue weighted by Crippen LogP contribution is 2.65. The molecule has 1 aromatic heterocycles. The topological polar surface area (TPSA) is 115 Å². The zero-order valence-electron chi connectivity index (χ0n) is 22.7. The Balaban J connectivity index is 1.31. The number of nitrogens with zero attached hydrogens (tertiary/aromatic N) is 5. The van der Waals surface area contributed by atoms with E-state index in [-0.39, 0.29) is 0 Å². The van der Waals surface area contributed by atoms with Crippen molar-refractivity contribution in [3.05, 3.63) is 120 Å². The minimum absolute atomic E-state index is 0.349. The second-order valence-electron chi connectivity index (χ2n) is 10.6. The van der Waals surface area contributed by atoms with Gasteiger partial charge in [-0.05, 0) is 54.6 Å². The van der Waals surface area contributed by atoms with Gasteiger partial charge in [0.15, 0.2) is 5.41 Å². The van der Waals surface area contributed by atoms with Crippen molar-refractivity contribution in [1.82, 2.24) is 14.9 Å². The van der Waals surface area contributed by atoms with Gasteiger partial charge in [-0.2, -0.15) is 10.5 Å². The Hall–Kier alpha value is -5.57. The van der Waals surface area contributed by atoms with Gasteiger partial charge >= 0.3 is 6.09 Å². The first-order chi connectivity index (χ1) is 20.5. The average Bonchev–Trinajstić information content (AvgIpc) is 3.46. The summed E-state index contributed by atoms with van der Waals surface area (Å²) >= 11 is 0. The van der Waals surface area contributed by atoms with Gasteiger partial charge in [-0.15, -0.1) is 0 Å². The molecule has 7 rings (SSSR count). The molecule has 1 aliphatic heterocycles. The number of para-hydroxylation sites is 3. The van der Waals surface area contributed by atoms with Crippen LogP contribution >= 0.6 is 0 Å². The fraction of sp³-hybridized carbons (Fsp3) is 0.147. The van der Waals surface area contributed by atoms with Crippen LogP contribution in [0.3, 0.4) is 0 Å². The molecule has 8 heteroatoms. The molecule has 1 saturated heterocycles. The zero-order valence-corrected chi connectivity index (χ0v) is 22.7. The van der Waals surface area contributed by atoms with Crippen LogP contribution in [0.15, 0.2) is 103 Å². The summed E-state index contributed by atoms with van der Waals surface area (Å²) in [6.07, 6.45) is -0.609. The SMILES string of the molecule is CN1CC(c2ccc(OC(=O)Nc3ccccc3)cc2)C(C#N)(C#N)C12c1ccccc1-c1nc3ccccc3nc12. The van der Waals surface area contributed by atoms with Crippen molar-refractivity contribution in [2.75, 3.05) is 18.9 Å². The summed E-state index contributed by atoms with van der Waals surface area (Å²) in [5.74, 6) is -0.140. The lowest BCUT2D eigenvalue weighted by Gasteiger charge is -2.40. The van der Waals surface area contributed by atoms with Crippen molar-refractivity contribution in [1.29, 1.82) is 10.5 Å². The molecule has 42 heavy (non-hydrogen) atoms. The molecule has 1 spiro atoms. The molecule has 2 aliphatic rings. The predicted octanol–water partition coefficient (Wildman–Crippen LogP) is 6.23. The maximum absolute atomic E-state index is 12.4. The molecule has 1 aliphatic carbocycles. The number of fused-ring (bicyclic) bond motifs is 6. The van der Waals surface area contributed by atoms with Crippen LogP contribution < -0.4 is 10.1 Å². The van der Waals surface area contributed by atoms with Crippen LogP contribution in [0, 0.1) is 28.1 Å². The van der Waals surface area contributed by atoms with Gasteiger partial charge in [0.05, 0.1) is 34.6 Å². The summed E-state index contributed by atoms with van der Waals surface area (Å²) in [6.45, 7) is 0.429. The first-order valence-corrected chi connectivity index (χ1v) is 13.6. The van der Waals surface area contributed by atoms with E-state index in [0.717, 1.165) is 22.2 Å². The predicted molar refractivity (Wildman–Crippen MR) is 157 cm³/mol. The number of hydrogen-bond acceptors (Lipinski definition) is 7. The van der Waals surface area contributed by atoms with Gasteiger partial charge in [0.2, 0.25) is 0 Å². The second-order valence-corrected chi connectivity index (χ2v) is 10.6. The number of likely N-dealkylation sites (tertiary alicyclic amines) is 1. The van der Waals surface area contributed by atoms with E-state index < -0.39 is 23.0 Å². The smallest absolute Gasteiger partial charge is 0.410 e. The van der Waals surface area contributed by atoms with Crippen LogP contribution in [0.5, 0.6) is 5.75 Å². The quantitative estimate of drug-likeness (QED) is 0.284. The number of aromatic nitrogens is 2. The lowest BCUT2D eigenvalue weighted by Crippen LogP contribution is -2.49. The Labute approximate surface area is 242 Å². The lowest BCUT2D eigenvalue weighted by molar-refractivity contribution is 0.165. The molecule has 202 valence electrons. The molecule has 0 bridgehead atoms. The molecule has 8 nitrogen and oxygen atoms in total. The Kier molecular flexibility index (Phi) is 5.76. The minimum Gasteiger partial charge on any atom is -0.410 e. The number of benzene rings is 4. The number of carbonyl (C=O) groups excluding carboxylic acids is 1. The van der Waals surface area contributed by atoms with Gasteiger partial charge in [-0.1, -0.05) is 66.7 Å². The van der Waals surface area contributed by atoms with Crippen LogP contribution in [0.1, 0.15) is 22.7 Å². The maximum Gasteiger partial charge on any atom is 0.417 e. The molecule has 2 unspecified atom stereocenters. The highest BCUT2D eigenvalue weighted by Gasteiger charge is 2.70. The van der Waals surface area contributed by atoms with Gasteiger partial charge in [0, 0.05) is 23.7 Å². The number of likely N-dealkylation sites (N-methyl/N-ethyl adjacent to an activating group) is 1. The molecule has 2 heterocycles. The fourth-order valence-electron chi connectivity index (χ4n) is 6.70. The molecule has 4 aromatic carbocycles. The third kappa shape index (κ3) is 3.46. The van der Waals surface area contributed by atoms with Gasteiger partial charge in [0.25, 0.3) is 0 Å². The zero-order chi connectivity index (χ0) is 28.9. The van der Waals surface area contributed by atoms with E-state index in [1.54, 1.807) is 24.3 Å². The van der Waals surface area contributed by atoms with E-state index in [9.17, 15) is 15.3 Å². The highest BCUT2D eigenvalue weighted by atomic mass is 16.6. The van der Waals surface area contributed by atoms with Crippen molar-refractivity contribution >= 4 is 22.8 Å². The van der Waals surface area contributed by atoms with Crippen molar-refractivity contribution in [2.24, 2.45) is 5.41 Å². The number of nitrogens with one attached hydrogen (secondary N) is 1. The van der Waals surface area contributed by atoms with Crippen LogP contribution in [0.4, 0.5) is 10.5 Å². The highest BCUT2D eigenvalue weighted by molar-refractivity contribution is 5.87. The molecule has 1 fully saturated rings. The van der Waals surface area contributed by atoms with Gasteiger partial charge < -0.3 is 4.74 Å². The van der Waals surface area contributed by atoms with E-state index in [1.165, 1.54) is 0 Å². The van der Waals surface area contributed by atoms with E-state index in [1.807, 2.05) is 85.9 Å². The summed E-state index contributed by atoms with van der Waals surface area (Å²) in [6, 6.07) is 36.5. The van der Waals surface area contributed by atoms with Crippen LogP contribution in [0.25, 0.3) is 22.3 Å². The number of rotatable bonds is 3. The van der Waals surface area contributed by atoms with E-state index in [4.69, 9.17) is 14.7 Å². The third-order valence-corrected chi connectivity index (χ3v) is 8.47. The number of amides is 1. The average molecular weight is 549 g/mol. The summed E-state index contributed by atoms with van der Waals surface area (Å²) < 4.78 is 5.48. The van der Waals surface area contributed by atoms with Crippen LogP contribution in [-0.4, -0.2) is 34.6 Å². The number of hydrogen-bond donors (Lipinski definition) is 1. The number of carbonyl (C=O) groups is 1. The Bertz CT molecular complexity index is 1930. The Morgan fingerprint density at radius 1 is 0.881 bits per heavy atom. The summed E-state index contributed by atoms with van der Waals surface area (Å²) in [4.78, 5) is 24.6. The minimum atomic E-state index is -1.53. The van der Waals surface area contributed by atoms with Crippen molar-refractivity contribution in [3.8, 4) is 29.1 Å². The number of nitriles is 2. The number of anilines is 1. The Morgan fingerprint density at radius 2 is 1.52 bits per heavy atom. The number of ether oxygens (including phenoxy) is 1. The van der Waals surface area contributed by atoms with E-state index in [2.05, 4.69) is 22.4 Å². The maximum atomic E-state index is 12.4. The molecular formula is C34H24N6O2. The normalized spacial score (nSPS) is 19.9. The Morgan fingerprint density at radius 3 is 2.24 bits per heavy atom. The largest absolute Gasteiger partial charge is 0.417 e. The molecule has 0 radical (unpaired) electrons. The molecule has 2 atom stereocenters. The molecule has 1 N–H and O–H groups in total. The van der Waals surface area contributed by atoms with Crippen LogP contribution in [0.2, 0.25) is 0 Å². The van der Waals surface area contributed by atoms with Gasteiger partial charge in [0.1, 0.15) is 11.3 Å². The van der Waals surface area contributed by atoms with Gasteiger partial charge in [-0.25, -0.2) is 14.8 Å². The standard InChI is InChI=1S/C34H24N6O2/c1-40-19-27(22-15-17-24(18-16-22)42-32(41)37-23-9-3-2-4-10-23)33(20-35,21-36)34(40)26-12-6-5-11-25(26)30-31(34)39-29-14-8-7-13-28(29)38-30/h2-18,27H,19H2,1H3,(H,37,41). The fourth-order valence-corrected chi connectivity index (χ4v) is 6.70. The monoisotopic (exact) mass is 548 g/mol. The first-order valence-electron chi connectivity index (χ1n) is 13.6.